The predicted molar refractivity (Wildman–Crippen MR) is 39.8 cm³/mol. The predicted octanol–water partition coefficient (Wildman–Crippen LogP) is 2.70. The largest absolute Gasteiger partial charge is 0.150 e. The first-order valence-electron chi connectivity index (χ1n) is 3.06. The van der Waals surface area contributed by atoms with Crippen molar-refractivity contribution in [2.45, 2.75) is 32.9 Å². The molecule has 0 saturated carbocycles. The third-order valence-electron chi connectivity index (χ3n) is 2.28. The van der Waals surface area contributed by atoms with E-state index in [0.29, 0.717) is 5.41 Å². The standard InChI is InChI=1S/C7H13S/c1-5-7(3,4)6(2)8-5/h5H,1-4H3. The van der Waals surface area contributed by atoms with Crippen LogP contribution < -0.4 is 0 Å². The molecule has 8 heavy (non-hydrogen) atoms. The quantitative estimate of drug-likeness (QED) is 0.484. The second-order valence-electron chi connectivity index (χ2n) is 3.04. The first-order chi connectivity index (χ1) is 3.55. The molecule has 0 amide bonds. The molecule has 0 aromatic rings. The van der Waals surface area contributed by atoms with Gasteiger partial charge in [-0.3, -0.25) is 0 Å². The summed E-state index contributed by atoms with van der Waals surface area (Å²) in [5, 5.41) is 2.42. The van der Waals surface area contributed by atoms with E-state index in [1.54, 1.807) is 5.25 Å². The molecule has 1 rings (SSSR count). The van der Waals surface area contributed by atoms with Gasteiger partial charge in [0, 0.05) is 10.5 Å². The maximum atomic E-state index is 2.31. The fraction of sp³-hybridized carbons (Fsp3) is 0.857. The van der Waals surface area contributed by atoms with Crippen LogP contribution >= 0.6 is 11.8 Å². The van der Waals surface area contributed by atoms with Gasteiger partial charge >= 0.3 is 0 Å². The lowest BCUT2D eigenvalue weighted by Gasteiger charge is -2.47. The molecule has 1 aliphatic rings. The third-order valence-corrected chi connectivity index (χ3v) is 4.10. The molecule has 0 aromatic carbocycles. The average Bonchev–Trinajstić information content (AvgIpc) is 1.68. The summed E-state index contributed by atoms with van der Waals surface area (Å²) in [6.07, 6.45) is 0. The SMILES string of the molecule is C[C]1SC(C)C1(C)C. The van der Waals surface area contributed by atoms with Crippen molar-refractivity contribution in [2.24, 2.45) is 5.41 Å². The molecule has 1 fully saturated rings. The Morgan fingerprint density at radius 3 is 2.00 bits per heavy atom. The first kappa shape index (κ1) is 6.47. The van der Waals surface area contributed by atoms with Gasteiger partial charge in [0.25, 0.3) is 0 Å². The fourth-order valence-electron chi connectivity index (χ4n) is 0.793. The third kappa shape index (κ3) is 0.680. The highest BCUT2D eigenvalue weighted by Gasteiger charge is 2.43. The van der Waals surface area contributed by atoms with Crippen molar-refractivity contribution in [1.29, 1.82) is 0 Å². The van der Waals surface area contributed by atoms with E-state index >= 15 is 0 Å². The zero-order chi connectivity index (χ0) is 6.36. The second-order valence-corrected chi connectivity index (χ2v) is 4.59. The molecular weight excluding hydrogens is 116 g/mol. The Bertz CT molecular complexity index is 86.6. The zero-order valence-corrected chi connectivity index (χ0v) is 6.80. The molecule has 1 heterocycles. The lowest BCUT2D eigenvalue weighted by molar-refractivity contribution is 0.389. The molecule has 0 N–H and O–H groups in total. The van der Waals surface area contributed by atoms with Crippen LogP contribution in [0, 0.1) is 10.7 Å². The molecular formula is C7H13S. The van der Waals surface area contributed by atoms with Crippen molar-refractivity contribution in [3.8, 4) is 0 Å². The van der Waals surface area contributed by atoms with Gasteiger partial charge in [0.15, 0.2) is 0 Å². The minimum atomic E-state index is 0.519. The van der Waals surface area contributed by atoms with Gasteiger partial charge in [-0.25, -0.2) is 0 Å². The molecule has 1 heteroatoms. The average molecular weight is 129 g/mol. The van der Waals surface area contributed by atoms with E-state index in [9.17, 15) is 0 Å². The first-order valence-corrected chi connectivity index (χ1v) is 3.94. The van der Waals surface area contributed by atoms with Crippen LogP contribution in [0.25, 0.3) is 0 Å². The Balaban J connectivity index is 2.52. The lowest BCUT2D eigenvalue weighted by atomic mass is 9.85. The topological polar surface area (TPSA) is 0 Å². The van der Waals surface area contributed by atoms with Crippen molar-refractivity contribution in [3.05, 3.63) is 5.25 Å². The molecule has 0 nitrogen and oxygen atoms in total. The molecule has 0 aromatic heterocycles. The molecule has 1 aliphatic heterocycles. The van der Waals surface area contributed by atoms with E-state index in [1.807, 2.05) is 11.8 Å². The summed E-state index contributed by atoms with van der Waals surface area (Å²) in [6.45, 7) is 9.13. The van der Waals surface area contributed by atoms with Gasteiger partial charge in [-0.2, -0.15) is 0 Å². The number of thioether (sulfide) groups is 1. The van der Waals surface area contributed by atoms with Gasteiger partial charge < -0.3 is 0 Å². The van der Waals surface area contributed by atoms with Gasteiger partial charge in [0.05, 0.1) is 0 Å². The highest BCUT2D eigenvalue weighted by atomic mass is 32.2. The molecule has 1 unspecified atom stereocenters. The van der Waals surface area contributed by atoms with Crippen LogP contribution in [0.3, 0.4) is 0 Å². The monoisotopic (exact) mass is 129 g/mol. The van der Waals surface area contributed by atoms with E-state index in [1.165, 1.54) is 0 Å². The van der Waals surface area contributed by atoms with Crippen LogP contribution in [0.4, 0.5) is 0 Å². The zero-order valence-electron chi connectivity index (χ0n) is 5.99. The molecule has 0 bridgehead atoms. The normalized spacial score (nSPS) is 36.8. The molecule has 1 radical (unpaired) electrons. The Morgan fingerprint density at radius 1 is 1.50 bits per heavy atom. The van der Waals surface area contributed by atoms with Crippen molar-refractivity contribution >= 4 is 11.8 Å². The molecule has 1 saturated heterocycles. The van der Waals surface area contributed by atoms with E-state index in [2.05, 4.69) is 27.7 Å². The van der Waals surface area contributed by atoms with E-state index in [0.717, 1.165) is 5.25 Å². The maximum Gasteiger partial charge on any atom is 0.0345 e. The number of hydrogen-bond acceptors (Lipinski definition) is 1. The van der Waals surface area contributed by atoms with Crippen molar-refractivity contribution < 1.29 is 0 Å². The summed E-state index contributed by atoms with van der Waals surface area (Å²) in [4.78, 5) is 0. The second kappa shape index (κ2) is 1.66. The highest BCUT2D eigenvalue weighted by Crippen LogP contribution is 2.56. The minimum Gasteiger partial charge on any atom is -0.150 e. The van der Waals surface area contributed by atoms with Gasteiger partial charge in [0.1, 0.15) is 0 Å². The van der Waals surface area contributed by atoms with Crippen LogP contribution in [0.5, 0.6) is 0 Å². The van der Waals surface area contributed by atoms with E-state index in [4.69, 9.17) is 0 Å². The lowest BCUT2D eigenvalue weighted by Crippen LogP contribution is -2.38. The van der Waals surface area contributed by atoms with Gasteiger partial charge in [0.2, 0.25) is 0 Å². The van der Waals surface area contributed by atoms with Crippen LogP contribution in [-0.2, 0) is 0 Å². The van der Waals surface area contributed by atoms with Gasteiger partial charge in [-0.1, -0.05) is 20.8 Å². The number of hydrogen-bond donors (Lipinski definition) is 0. The van der Waals surface area contributed by atoms with Crippen molar-refractivity contribution in [3.63, 3.8) is 0 Å². The van der Waals surface area contributed by atoms with Gasteiger partial charge in [-0.15, -0.1) is 11.8 Å². The maximum absolute atomic E-state index is 2.31. The summed E-state index contributed by atoms with van der Waals surface area (Å²) in [5.41, 5.74) is 0.519. The Kier molecular flexibility index (Phi) is 1.34. The van der Waals surface area contributed by atoms with Crippen LogP contribution in [0.1, 0.15) is 27.7 Å². The molecule has 47 valence electrons. The van der Waals surface area contributed by atoms with Crippen LogP contribution in [-0.4, -0.2) is 5.25 Å². The summed E-state index contributed by atoms with van der Waals surface area (Å²) < 4.78 is 0. The van der Waals surface area contributed by atoms with Crippen LogP contribution in [0.15, 0.2) is 0 Å². The number of rotatable bonds is 0. The summed E-state index contributed by atoms with van der Waals surface area (Å²) >= 11 is 2.01. The summed E-state index contributed by atoms with van der Waals surface area (Å²) in [7, 11) is 0. The minimum absolute atomic E-state index is 0.519. The molecule has 0 spiro atoms. The van der Waals surface area contributed by atoms with Crippen LogP contribution in [0.2, 0.25) is 0 Å². The highest BCUT2D eigenvalue weighted by molar-refractivity contribution is 8.04. The molecule has 1 atom stereocenters. The Morgan fingerprint density at radius 2 is 2.00 bits per heavy atom. The van der Waals surface area contributed by atoms with Crippen molar-refractivity contribution in [1.82, 2.24) is 0 Å². The fourth-order valence-corrected chi connectivity index (χ4v) is 2.09. The Hall–Kier alpha value is 0.350. The summed E-state index contributed by atoms with van der Waals surface area (Å²) in [5.74, 6) is 0. The smallest absolute Gasteiger partial charge is 0.0345 e. The van der Waals surface area contributed by atoms with Gasteiger partial charge in [-0.05, 0) is 12.3 Å². The van der Waals surface area contributed by atoms with E-state index < -0.39 is 0 Å². The Labute approximate surface area is 56.0 Å². The summed E-state index contributed by atoms with van der Waals surface area (Å²) in [6, 6.07) is 0. The van der Waals surface area contributed by atoms with E-state index in [-0.39, 0.29) is 0 Å². The van der Waals surface area contributed by atoms with Crippen molar-refractivity contribution in [2.75, 3.05) is 0 Å². The molecule has 0 aliphatic carbocycles.